The molecular formula is C14H11BrN2. The van der Waals surface area contributed by atoms with Crippen LogP contribution in [0.4, 0.5) is 0 Å². The van der Waals surface area contributed by atoms with E-state index < -0.39 is 0 Å². The van der Waals surface area contributed by atoms with Gasteiger partial charge in [0.25, 0.3) is 0 Å². The molecule has 1 aromatic heterocycles. The van der Waals surface area contributed by atoms with Crippen LogP contribution < -0.4 is 0 Å². The van der Waals surface area contributed by atoms with Gasteiger partial charge in [-0.15, -0.1) is 0 Å². The first-order valence-corrected chi connectivity index (χ1v) is 6.31. The highest BCUT2D eigenvalue weighted by Crippen LogP contribution is 2.29. The number of rotatable bonds is 2. The van der Waals surface area contributed by atoms with Crippen molar-refractivity contribution in [3.8, 4) is 11.3 Å². The highest BCUT2D eigenvalue weighted by molar-refractivity contribution is 9.10. The van der Waals surface area contributed by atoms with Crippen LogP contribution in [-0.2, 0) is 0 Å². The predicted molar refractivity (Wildman–Crippen MR) is 73.5 cm³/mol. The molecule has 0 radical (unpaired) electrons. The molecule has 1 heterocycles. The number of halogens is 1. The fourth-order valence-electron chi connectivity index (χ4n) is 1.93. The molecule has 1 aromatic carbocycles. The van der Waals surface area contributed by atoms with E-state index in [1.165, 1.54) is 5.57 Å². The molecule has 2 aromatic rings. The minimum absolute atomic E-state index is 0.966. The van der Waals surface area contributed by atoms with Crippen LogP contribution in [0, 0.1) is 0 Å². The molecule has 0 saturated carbocycles. The number of allylic oxidation sites excluding steroid dienone is 4. The van der Waals surface area contributed by atoms with E-state index in [4.69, 9.17) is 0 Å². The molecule has 17 heavy (non-hydrogen) atoms. The normalized spacial score (nSPS) is 14.1. The summed E-state index contributed by atoms with van der Waals surface area (Å²) in [6, 6.07) is 10.2. The fourth-order valence-corrected chi connectivity index (χ4v) is 2.42. The third kappa shape index (κ3) is 1.98. The molecule has 3 rings (SSSR count). The lowest BCUT2D eigenvalue weighted by molar-refractivity contribution is 1.08. The number of H-pyrrole nitrogens is 1. The number of aromatic amines is 1. The molecule has 1 N–H and O–H groups in total. The number of hydrogen-bond donors (Lipinski definition) is 1. The zero-order chi connectivity index (χ0) is 11.7. The summed E-state index contributed by atoms with van der Waals surface area (Å²) in [6.07, 6.45) is 7.47. The summed E-state index contributed by atoms with van der Waals surface area (Å²) in [6.45, 7) is 0. The van der Waals surface area contributed by atoms with Crippen molar-refractivity contribution in [2.24, 2.45) is 0 Å². The van der Waals surface area contributed by atoms with Gasteiger partial charge in [-0.25, -0.2) is 0 Å². The van der Waals surface area contributed by atoms with Crippen LogP contribution in [0.5, 0.6) is 0 Å². The molecule has 0 bridgehead atoms. The van der Waals surface area contributed by atoms with Gasteiger partial charge in [0.05, 0.1) is 11.4 Å². The summed E-state index contributed by atoms with van der Waals surface area (Å²) in [7, 11) is 0. The molecule has 0 atom stereocenters. The van der Waals surface area contributed by atoms with Crippen LogP contribution in [0.25, 0.3) is 16.8 Å². The minimum Gasteiger partial charge on any atom is -0.277 e. The van der Waals surface area contributed by atoms with Crippen molar-refractivity contribution in [1.29, 1.82) is 0 Å². The molecule has 0 saturated heterocycles. The number of nitrogens with zero attached hydrogens (tertiary/aromatic N) is 1. The summed E-state index contributed by atoms with van der Waals surface area (Å²) < 4.78 is 1.06. The zero-order valence-electron chi connectivity index (χ0n) is 9.15. The lowest BCUT2D eigenvalue weighted by atomic mass is 10.1. The smallest absolute Gasteiger partial charge is 0.0938 e. The Hall–Kier alpha value is -1.61. The van der Waals surface area contributed by atoms with Crippen molar-refractivity contribution >= 4 is 21.5 Å². The van der Waals surface area contributed by atoms with Crippen molar-refractivity contribution in [2.45, 2.75) is 6.42 Å². The number of hydrogen-bond acceptors (Lipinski definition) is 1. The highest BCUT2D eigenvalue weighted by Gasteiger charge is 2.09. The second-order valence-electron chi connectivity index (χ2n) is 3.94. The second-order valence-corrected chi connectivity index (χ2v) is 4.80. The van der Waals surface area contributed by atoms with Gasteiger partial charge >= 0.3 is 0 Å². The van der Waals surface area contributed by atoms with Gasteiger partial charge in [-0.2, -0.15) is 5.10 Å². The average molecular weight is 287 g/mol. The van der Waals surface area contributed by atoms with Gasteiger partial charge in [0, 0.05) is 10.0 Å². The van der Waals surface area contributed by atoms with Gasteiger partial charge in [0.1, 0.15) is 0 Å². The first-order chi connectivity index (χ1) is 8.34. The summed E-state index contributed by atoms with van der Waals surface area (Å²) in [5, 5.41) is 7.45. The van der Waals surface area contributed by atoms with Crippen LogP contribution in [0.2, 0.25) is 0 Å². The summed E-state index contributed by atoms with van der Waals surface area (Å²) in [4.78, 5) is 0. The zero-order valence-corrected chi connectivity index (χ0v) is 10.7. The summed E-state index contributed by atoms with van der Waals surface area (Å²) in [5.74, 6) is 0. The van der Waals surface area contributed by atoms with E-state index in [0.29, 0.717) is 0 Å². The molecule has 0 aliphatic heterocycles. The van der Waals surface area contributed by atoms with Crippen molar-refractivity contribution in [1.82, 2.24) is 10.2 Å². The van der Waals surface area contributed by atoms with Crippen LogP contribution in [0.15, 0.2) is 53.0 Å². The molecule has 0 unspecified atom stereocenters. The van der Waals surface area contributed by atoms with Crippen molar-refractivity contribution in [3.63, 3.8) is 0 Å². The Bertz CT molecular complexity index is 608. The Morgan fingerprint density at radius 1 is 1.24 bits per heavy atom. The predicted octanol–water partition coefficient (Wildman–Crippen LogP) is 4.18. The van der Waals surface area contributed by atoms with Crippen molar-refractivity contribution in [2.75, 3.05) is 0 Å². The third-order valence-corrected chi connectivity index (χ3v) is 3.50. The van der Waals surface area contributed by atoms with E-state index >= 15 is 0 Å². The van der Waals surface area contributed by atoms with E-state index in [2.05, 4.69) is 56.5 Å². The molecule has 3 heteroatoms. The number of nitrogens with one attached hydrogen (secondary N) is 1. The molecule has 0 fully saturated rings. The topological polar surface area (TPSA) is 28.7 Å². The molecule has 1 aliphatic rings. The van der Waals surface area contributed by atoms with Crippen molar-refractivity contribution < 1.29 is 0 Å². The van der Waals surface area contributed by atoms with Crippen LogP contribution in [-0.4, -0.2) is 10.2 Å². The standard InChI is InChI=1S/C14H11BrN2/c15-12-8-4-3-7-11(12)14-9-13(16-17-14)10-5-1-2-6-10/h1,3-9H,2H2,(H,16,17). The van der Waals surface area contributed by atoms with Gasteiger partial charge in [-0.3, -0.25) is 5.10 Å². The monoisotopic (exact) mass is 286 g/mol. The van der Waals surface area contributed by atoms with Crippen molar-refractivity contribution in [3.05, 3.63) is 58.7 Å². The maximum absolute atomic E-state index is 4.36. The SMILES string of the molecule is Brc1ccccc1-c1cc(C2=CCC=C2)[nH]n1. The molecule has 0 amide bonds. The third-order valence-electron chi connectivity index (χ3n) is 2.81. The Morgan fingerprint density at radius 2 is 2.12 bits per heavy atom. The van der Waals surface area contributed by atoms with Crippen LogP contribution in [0.1, 0.15) is 12.1 Å². The van der Waals surface area contributed by atoms with Gasteiger partial charge < -0.3 is 0 Å². The second kappa shape index (κ2) is 4.34. The van der Waals surface area contributed by atoms with E-state index in [-0.39, 0.29) is 0 Å². The lowest BCUT2D eigenvalue weighted by Gasteiger charge is -1.98. The van der Waals surface area contributed by atoms with E-state index in [9.17, 15) is 0 Å². The van der Waals surface area contributed by atoms with E-state index in [0.717, 1.165) is 27.8 Å². The Balaban J connectivity index is 2.01. The molecular weight excluding hydrogens is 276 g/mol. The largest absolute Gasteiger partial charge is 0.277 e. The molecule has 2 nitrogen and oxygen atoms in total. The maximum atomic E-state index is 4.36. The number of benzene rings is 1. The Kier molecular flexibility index (Phi) is 2.69. The summed E-state index contributed by atoms with van der Waals surface area (Å²) >= 11 is 3.54. The highest BCUT2D eigenvalue weighted by atomic mass is 79.9. The van der Waals surface area contributed by atoms with Gasteiger partial charge in [0.2, 0.25) is 0 Å². The quantitative estimate of drug-likeness (QED) is 0.881. The molecule has 84 valence electrons. The fraction of sp³-hybridized carbons (Fsp3) is 0.0714. The minimum atomic E-state index is 0.966. The van der Waals surface area contributed by atoms with E-state index in [1.54, 1.807) is 0 Å². The summed E-state index contributed by atoms with van der Waals surface area (Å²) in [5.41, 5.74) is 4.37. The van der Waals surface area contributed by atoms with Gasteiger partial charge in [0.15, 0.2) is 0 Å². The maximum Gasteiger partial charge on any atom is 0.0938 e. The first-order valence-electron chi connectivity index (χ1n) is 5.52. The Morgan fingerprint density at radius 3 is 2.88 bits per heavy atom. The van der Waals surface area contributed by atoms with Gasteiger partial charge in [-0.1, -0.05) is 52.4 Å². The van der Waals surface area contributed by atoms with Gasteiger partial charge in [-0.05, 0) is 24.1 Å². The first kappa shape index (κ1) is 10.5. The van der Waals surface area contributed by atoms with Crippen LogP contribution >= 0.6 is 15.9 Å². The van der Waals surface area contributed by atoms with E-state index in [1.807, 2.05) is 18.2 Å². The molecule has 1 aliphatic carbocycles. The lowest BCUT2D eigenvalue weighted by Crippen LogP contribution is -1.78. The molecule has 0 spiro atoms. The van der Waals surface area contributed by atoms with Crippen LogP contribution in [0.3, 0.4) is 0 Å². The average Bonchev–Trinajstić information content (AvgIpc) is 3.00. The Labute approximate surface area is 108 Å². The number of aromatic nitrogens is 2.